The van der Waals surface area contributed by atoms with Gasteiger partial charge in [0.25, 0.3) is 0 Å². The molecule has 2 heterocycles. The maximum Gasteiger partial charge on any atom is 0.218 e. The van der Waals surface area contributed by atoms with Crippen LogP contribution in [-0.4, -0.2) is 30.8 Å². The Labute approximate surface area is 125 Å². The molecule has 112 valence electrons. The Kier molecular flexibility index (Phi) is 3.74. The minimum atomic E-state index is -3.35. The number of nitrogens with two attached hydrogens (primary N) is 1. The maximum atomic E-state index is 12.7. The third kappa shape index (κ3) is 2.82. The van der Waals surface area contributed by atoms with Crippen LogP contribution in [0.1, 0.15) is 36.8 Å². The van der Waals surface area contributed by atoms with Gasteiger partial charge in [0, 0.05) is 18.1 Å². The van der Waals surface area contributed by atoms with E-state index in [9.17, 15) is 8.42 Å². The lowest BCUT2D eigenvalue weighted by molar-refractivity contribution is 0.227. The van der Waals surface area contributed by atoms with Gasteiger partial charge in [-0.15, -0.1) is 0 Å². The van der Waals surface area contributed by atoms with Crippen LogP contribution in [-0.2, 0) is 15.8 Å². The zero-order valence-electron chi connectivity index (χ0n) is 11.8. The molecule has 0 spiro atoms. The molecule has 5 nitrogen and oxygen atoms in total. The van der Waals surface area contributed by atoms with Gasteiger partial charge in [0.05, 0.1) is 17.4 Å². The van der Waals surface area contributed by atoms with Gasteiger partial charge in [-0.3, -0.25) is 0 Å². The van der Waals surface area contributed by atoms with Gasteiger partial charge in [0.1, 0.15) is 0 Å². The molecule has 0 saturated carbocycles. The second kappa shape index (κ2) is 5.41. The van der Waals surface area contributed by atoms with E-state index in [1.165, 1.54) is 0 Å². The van der Waals surface area contributed by atoms with E-state index in [1.807, 2.05) is 6.07 Å². The molecule has 0 aliphatic carbocycles. The maximum absolute atomic E-state index is 12.7. The first-order valence-corrected chi connectivity index (χ1v) is 8.86. The Morgan fingerprint density at radius 1 is 1.29 bits per heavy atom. The standard InChI is InChI=1S/C15H19N3O2S/c16-9-11-2-1-3-12(6-11)10-21(19,20)18-14-4-5-15(18)8-13(17)7-14/h1-3,6,13-15H,4-5,7-8,10,17H2. The zero-order valence-corrected chi connectivity index (χ0v) is 12.6. The van der Waals surface area contributed by atoms with E-state index in [2.05, 4.69) is 0 Å². The Bertz CT molecular complexity index is 666. The van der Waals surface area contributed by atoms with Gasteiger partial charge in [0.2, 0.25) is 10.0 Å². The lowest BCUT2D eigenvalue weighted by atomic mass is 10.0. The van der Waals surface area contributed by atoms with Gasteiger partial charge in [-0.1, -0.05) is 12.1 Å². The number of benzene rings is 1. The number of nitriles is 1. The van der Waals surface area contributed by atoms with Crippen LogP contribution in [0.4, 0.5) is 0 Å². The lowest BCUT2D eigenvalue weighted by Crippen LogP contribution is -2.50. The molecule has 2 N–H and O–H groups in total. The highest BCUT2D eigenvalue weighted by atomic mass is 32.2. The minimum absolute atomic E-state index is 0.0369. The highest BCUT2D eigenvalue weighted by Crippen LogP contribution is 2.38. The second-order valence-corrected chi connectivity index (χ2v) is 7.89. The van der Waals surface area contributed by atoms with Gasteiger partial charge < -0.3 is 5.73 Å². The van der Waals surface area contributed by atoms with Gasteiger partial charge in [-0.05, 0) is 43.4 Å². The number of nitrogens with zero attached hydrogens (tertiary/aromatic N) is 2. The predicted molar refractivity (Wildman–Crippen MR) is 79.6 cm³/mol. The third-order valence-electron chi connectivity index (χ3n) is 4.43. The van der Waals surface area contributed by atoms with Gasteiger partial charge >= 0.3 is 0 Å². The zero-order chi connectivity index (χ0) is 15.0. The van der Waals surface area contributed by atoms with Crippen LogP contribution in [0, 0.1) is 11.3 Å². The fraction of sp³-hybridized carbons (Fsp3) is 0.533. The molecular formula is C15H19N3O2S. The van der Waals surface area contributed by atoms with E-state index in [0.29, 0.717) is 11.1 Å². The van der Waals surface area contributed by atoms with Crippen molar-refractivity contribution in [2.45, 2.75) is 49.6 Å². The van der Waals surface area contributed by atoms with E-state index < -0.39 is 10.0 Å². The monoisotopic (exact) mass is 305 g/mol. The molecular weight excluding hydrogens is 286 g/mol. The molecule has 2 aliphatic heterocycles. The molecule has 1 aromatic rings. The van der Waals surface area contributed by atoms with Crippen LogP contribution >= 0.6 is 0 Å². The summed E-state index contributed by atoms with van der Waals surface area (Å²) in [7, 11) is -3.35. The first-order chi connectivity index (χ1) is 9.99. The highest BCUT2D eigenvalue weighted by molar-refractivity contribution is 7.88. The Hall–Kier alpha value is -1.42. The average Bonchev–Trinajstić information content (AvgIpc) is 2.72. The fourth-order valence-corrected chi connectivity index (χ4v) is 5.69. The quantitative estimate of drug-likeness (QED) is 0.913. The molecule has 3 rings (SSSR count). The second-order valence-electron chi connectivity index (χ2n) is 6.01. The normalized spacial score (nSPS) is 29.2. The molecule has 2 aliphatic rings. The average molecular weight is 305 g/mol. The molecule has 6 heteroatoms. The van der Waals surface area contributed by atoms with Crippen molar-refractivity contribution in [1.82, 2.24) is 4.31 Å². The molecule has 21 heavy (non-hydrogen) atoms. The van der Waals surface area contributed by atoms with Crippen LogP contribution in [0.2, 0.25) is 0 Å². The van der Waals surface area contributed by atoms with Crippen molar-refractivity contribution in [3.8, 4) is 6.07 Å². The van der Waals surface area contributed by atoms with Crippen molar-refractivity contribution in [3.63, 3.8) is 0 Å². The van der Waals surface area contributed by atoms with Crippen molar-refractivity contribution in [2.75, 3.05) is 0 Å². The van der Waals surface area contributed by atoms with Crippen molar-refractivity contribution in [1.29, 1.82) is 5.26 Å². The molecule has 2 atom stereocenters. The van der Waals surface area contributed by atoms with E-state index in [-0.39, 0.29) is 23.9 Å². The van der Waals surface area contributed by atoms with Crippen molar-refractivity contribution >= 4 is 10.0 Å². The van der Waals surface area contributed by atoms with Crippen LogP contribution in [0.25, 0.3) is 0 Å². The predicted octanol–water partition coefficient (Wildman–Crippen LogP) is 1.34. The first kappa shape index (κ1) is 14.5. The summed E-state index contributed by atoms with van der Waals surface area (Å²) in [5.74, 6) is -0.0369. The van der Waals surface area contributed by atoms with Crippen molar-refractivity contribution in [3.05, 3.63) is 35.4 Å². The fourth-order valence-electron chi connectivity index (χ4n) is 3.65. The van der Waals surface area contributed by atoms with Gasteiger partial charge in [-0.25, -0.2) is 8.42 Å². The number of hydrogen-bond donors (Lipinski definition) is 1. The molecule has 2 unspecified atom stereocenters. The molecule has 2 fully saturated rings. The van der Waals surface area contributed by atoms with E-state index >= 15 is 0 Å². The van der Waals surface area contributed by atoms with Gasteiger partial charge in [0.15, 0.2) is 0 Å². The molecule has 1 aromatic carbocycles. The molecule has 2 saturated heterocycles. The lowest BCUT2D eigenvalue weighted by Gasteiger charge is -2.36. The van der Waals surface area contributed by atoms with Gasteiger partial charge in [-0.2, -0.15) is 9.57 Å². The number of rotatable bonds is 3. The largest absolute Gasteiger partial charge is 0.328 e. The van der Waals surface area contributed by atoms with Crippen LogP contribution in [0.3, 0.4) is 0 Å². The summed E-state index contributed by atoms with van der Waals surface area (Å²) in [6, 6.07) is 9.10. The summed E-state index contributed by atoms with van der Waals surface area (Å²) in [5, 5.41) is 8.91. The Morgan fingerprint density at radius 3 is 2.57 bits per heavy atom. The van der Waals surface area contributed by atoms with E-state index in [1.54, 1.807) is 28.6 Å². The smallest absolute Gasteiger partial charge is 0.218 e. The summed E-state index contributed by atoms with van der Waals surface area (Å²) in [4.78, 5) is 0. The summed E-state index contributed by atoms with van der Waals surface area (Å²) in [6.07, 6.45) is 3.34. The molecule has 2 bridgehead atoms. The van der Waals surface area contributed by atoms with Crippen LogP contribution in [0.15, 0.2) is 24.3 Å². The summed E-state index contributed by atoms with van der Waals surface area (Å²) in [6.45, 7) is 0. The SMILES string of the molecule is N#Cc1cccc(CS(=O)(=O)N2C3CCC2CC(N)C3)c1. The third-order valence-corrected chi connectivity index (χ3v) is 6.37. The van der Waals surface area contributed by atoms with E-state index in [4.69, 9.17) is 11.0 Å². The number of hydrogen-bond acceptors (Lipinski definition) is 4. The molecule has 0 radical (unpaired) electrons. The number of sulfonamides is 1. The highest BCUT2D eigenvalue weighted by Gasteiger charge is 2.45. The van der Waals surface area contributed by atoms with Crippen LogP contribution < -0.4 is 5.73 Å². The number of fused-ring (bicyclic) bond motifs is 2. The summed E-state index contributed by atoms with van der Waals surface area (Å²) in [5.41, 5.74) is 7.16. The Balaban J connectivity index is 1.83. The topological polar surface area (TPSA) is 87.2 Å². The van der Waals surface area contributed by atoms with Crippen molar-refractivity contribution < 1.29 is 8.42 Å². The van der Waals surface area contributed by atoms with Crippen LogP contribution in [0.5, 0.6) is 0 Å². The number of piperidine rings is 1. The first-order valence-electron chi connectivity index (χ1n) is 7.25. The van der Waals surface area contributed by atoms with Crippen molar-refractivity contribution in [2.24, 2.45) is 5.73 Å². The summed E-state index contributed by atoms with van der Waals surface area (Å²) >= 11 is 0. The van der Waals surface area contributed by atoms with E-state index in [0.717, 1.165) is 25.7 Å². The Morgan fingerprint density at radius 2 is 1.95 bits per heavy atom. The molecule has 0 amide bonds. The summed E-state index contributed by atoms with van der Waals surface area (Å²) < 4.78 is 27.1. The molecule has 0 aromatic heterocycles. The minimum Gasteiger partial charge on any atom is -0.328 e.